The van der Waals surface area contributed by atoms with Gasteiger partial charge in [0.1, 0.15) is 0 Å². The first-order valence-electron chi connectivity index (χ1n) is 7.78. The highest BCUT2D eigenvalue weighted by Crippen LogP contribution is 2.28. The second kappa shape index (κ2) is 7.09. The van der Waals surface area contributed by atoms with E-state index in [1.807, 2.05) is 6.92 Å². The van der Waals surface area contributed by atoms with Crippen molar-refractivity contribution in [2.24, 2.45) is 4.99 Å². The molecular formula is C19H17ClN2O3. The number of hydrogen-bond donors (Lipinski definition) is 2. The van der Waals surface area contributed by atoms with Gasteiger partial charge < -0.3 is 10.2 Å². The van der Waals surface area contributed by atoms with E-state index in [1.165, 1.54) is 10.8 Å². The second-order valence-corrected chi connectivity index (χ2v) is 6.05. The highest BCUT2D eigenvalue weighted by atomic mass is 35.5. The van der Waals surface area contributed by atoms with Gasteiger partial charge >= 0.3 is 0 Å². The topological polar surface area (TPSA) is 74.8 Å². The van der Waals surface area contributed by atoms with E-state index < -0.39 is 0 Å². The Balaban J connectivity index is 2.40. The summed E-state index contributed by atoms with van der Waals surface area (Å²) < 4.78 is 1.24. The summed E-state index contributed by atoms with van der Waals surface area (Å²) >= 11 is 6.08. The van der Waals surface area contributed by atoms with Gasteiger partial charge in [-0.1, -0.05) is 35.9 Å². The second-order valence-electron chi connectivity index (χ2n) is 5.61. The van der Waals surface area contributed by atoms with Crippen molar-refractivity contribution in [3.63, 3.8) is 0 Å². The molecule has 0 aliphatic carbocycles. The number of aromatic hydroxyl groups is 1. The Kier molecular flexibility index (Phi) is 4.88. The fourth-order valence-electron chi connectivity index (χ4n) is 2.75. The first kappa shape index (κ1) is 17.2. The molecule has 3 aromatic rings. The third-order valence-corrected chi connectivity index (χ3v) is 4.20. The highest BCUT2D eigenvalue weighted by molar-refractivity contribution is 6.30. The first-order chi connectivity index (χ1) is 12.0. The van der Waals surface area contributed by atoms with Gasteiger partial charge in [0.15, 0.2) is 0 Å². The van der Waals surface area contributed by atoms with E-state index in [1.54, 1.807) is 42.5 Å². The molecule has 25 heavy (non-hydrogen) atoms. The molecule has 0 unspecified atom stereocenters. The zero-order chi connectivity index (χ0) is 18.0. The number of aromatic nitrogens is 1. The monoisotopic (exact) mass is 356 g/mol. The lowest BCUT2D eigenvalue weighted by Gasteiger charge is -2.15. The molecule has 0 atom stereocenters. The van der Waals surface area contributed by atoms with Crippen LogP contribution in [0.1, 0.15) is 11.1 Å². The molecule has 0 fully saturated rings. The first-order valence-corrected chi connectivity index (χ1v) is 8.16. The van der Waals surface area contributed by atoms with Gasteiger partial charge in [-0.3, -0.25) is 9.79 Å². The van der Waals surface area contributed by atoms with E-state index in [2.05, 4.69) is 4.99 Å². The molecule has 3 rings (SSSR count). The summed E-state index contributed by atoms with van der Waals surface area (Å²) in [6.45, 7) is 1.96. The van der Waals surface area contributed by atoms with Crippen molar-refractivity contribution in [3.05, 3.63) is 69.0 Å². The van der Waals surface area contributed by atoms with Crippen LogP contribution in [-0.2, 0) is 0 Å². The van der Waals surface area contributed by atoms with Crippen molar-refractivity contribution in [1.82, 2.24) is 4.57 Å². The molecule has 0 radical (unpaired) electrons. The fraction of sp³-hybridized carbons (Fsp3) is 0.158. The molecule has 1 aromatic heterocycles. The summed E-state index contributed by atoms with van der Waals surface area (Å²) in [5.41, 5.74) is 1.40. The number of rotatable bonds is 4. The number of pyridine rings is 1. The third kappa shape index (κ3) is 3.16. The molecule has 6 heteroatoms. The molecule has 5 nitrogen and oxygen atoms in total. The largest absolute Gasteiger partial charge is 0.494 e. The Labute approximate surface area is 149 Å². The number of aliphatic hydroxyl groups is 1. The Morgan fingerprint density at radius 1 is 1.20 bits per heavy atom. The Bertz CT molecular complexity index is 1030. The van der Waals surface area contributed by atoms with Crippen LogP contribution in [-0.4, -0.2) is 34.1 Å². The molecule has 0 aliphatic heterocycles. The van der Waals surface area contributed by atoms with E-state index in [0.717, 1.165) is 5.56 Å². The number of benzene rings is 2. The normalized spacial score (nSPS) is 11.5. The van der Waals surface area contributed by atoms with Crippen LogP contribution < -0.4 is 5.56 Å². The SMILES string of the molecule is Cc1ccc(Cl)cc1-n1c(O)c(C=NCCO)c2ccccc2c1=O. The van der Waals surface area contributed by atoms with Crippen LogP contribution in [0.2, 0.25) is 5.02 Å². The summed E-state index contributed by atoms with van der Waals surface area (Å²) in [6, 6.07) is 12.2. The van der Waals surface area contributed by atoms with Crippen LogP contribution in [0.15, 0.2) is 52.3 Å². The van der Waals surface area contributed by atoms with Crippen molar-refractivity contribution in [2.75, 3.05) is 13.2 Å². The van der Waals surface area contributed by atoms with Gasteiger partial charge in [0, 0.05) is 22.0 Å². The Hall–Kier alpha value is -2.63. The van der Waals surface area contributed by atoms with E-state index in [9.17, 15) is 9.90 Å². The maximum Gasteiger partial charge on any atom is 0.265 e. The minimum absolute atomic E-state index is 0.0950. The van der Waals surface area contributed by atoms with Crippen molar-refractivity contribution in [2.45, 2.75) is 6.92 Å². The van der Waals surface area contributed by atoms with Crippen molar-refractivity contribution >= 4 is 28.6 Å². The number of nitrogens with zero attached hydrogens (tertiary/aromatic N) is 2. The molecule has 0 amide bonds. The zero-order valence-corrected chi connectivity index (χ0v) is 14.4. The standard InChI is InChI=1S/C19H17ClN2O3/c1-12-6-7-13(20)10-17(12)22-18(24)15-5-3-2-4-14(15)16(19(22)25)11-21-8-9-23/h2-7,10-11,23,25H,8-9H2,1H3. The lowest BCUT2D eigenvalue weighted by atomic mass is 10.1. The predicted octanol–water partition coefficient (Wildman–Crippen LogP) is 3.07. The van der Waals surface area contributed by atoms with Gasteiger partial charge in [0.05, 0.1) is 24.4 Å². The van der Waals surface area contributed by atoms with Crippen LogP contribution in [0, 0.1) is 6.92 Å². The number of aliphatic imine (C=N–C) groups is 1. The number of fused-ring (bicyclic) bond motifs is 1. The van der Waals surface area contributed by atoms with E-state index in [-0.39, 0.29) is 24.6 Å². The lowest BCUT2D eigenvalue weighted by Crippen LogP contribution is -2.21. The van der Waals surface area contributed by atoms with Crippen LogP contribution in [0.4, 0.5) is 0 Å². The van der Waals surface area contributed by atoms with E-state index in [4.69, 9.17) is 16.7 Å². The molecular weight excluding hydrogens is 340 g/mol. The number of halogens is 1. The number of aryl methyl sites for hydroxylation is 1. The Morgan fingerprint density at radius 2 is 1.92 bits per heavy atom. The summed E-state index contributed by atoms with van der Waals surface area (Å²) in [6.07, 6.45) is 1.48. The quantitative estimate of drug-likeness (QED) is 0.705. The van der Waals surface area contributed by atoms with Gasteiger partial charge in [0.25, 0.3) is 5.56 Å². The maximum absolute atomic E-state index is 13.0. The zero-order valence-electron chi connectivity index (χ0n) is 13.6. The number of aliphatic hydroxyl groups excluding tert-OH is 1. The van der Waals surface area contributed by atoms with E-state index in [0.29, 0.717) is 27.0 Å². The molecule has 2 N–H and O–H groups in total. The summed E-state index contributed by atoms with van der Waals surface area (Å²) in [5.74, 6) is -0.212. The van der Waals surface area contributed by atoms with Gasteiger partial charge in [0.2, 0.25) is 5.88 Å². The average molecular weight is 357 g/mol. The minimum Gasteiger partial charge on any atom is -0.494 e. The molecule has 0 aliphatic rings. The van der Waals surface area contributed by atoms with Crippen molar-refractivity contribution in [1.29, 1.82) is 0 Å². The number of hydrogen-bond acceptors (Lipinski definition) is 4. The molecule has 0 spiro atoms. The van der Waals surface area contributed by atoms with E-state index >= 15 is 0 Å². The summed E-state index contributed by atoms with van der Waals surface area (Å²) in [4.78, 5) is 17.1. The molecule has 0 saturated heterocycles. The van der Waals surface area contributed by atoms with Crippen LogP contribution >= 0.6 is 11.6 Å². The van der Waals surface area contributed by atoms with Gasteiger partial charge in [-0.15, -0.1) is 0 Å². The predicted molar refractivity (Wildman–Crippen MR) is 101 cm³/mol. The fourth-order valence-corrected chi connectivity index (χ4v) is 2.92. The van der Waals surface area contributed by atoms with Crippen LogP contribution in [0.3, 0.4) is 0 Å². The third-order valence-electron chi connectivity index (χ3n) is 3.97. The minimum atomic E-state index is -0.335. The Morgan fingerprint density at radius 3 is 2.64 bits per heavy atom. The average Bonchev–Trinajstić information content (AvgIpc) is 2.61. The summed E-state index contributed by atoms with van der Waals surface area (Å²) in [5, 5.41) is 21.3. The summed E-state index contributed by atoms with van der Waals surface area (Å²) in [7, 11) is 0. The molecule has 1 heterocycles. The lowest BCUT2D eigenvalue weighted by molar-refractivity contribution is 0.307. The highest BCUT2D eigenvalue weighted by Gasteiger charge is 2.17. The molecule has 0 saturated carbocycles. The van der Waals surface area contributed by atoms with Gasteiger partial charge in [-0.2, -0.15) is 0 Å². The molecule has 128 valence electrons. The van der Waals surface area contributed by atoms with Crippen LogP contribution in [0.25, 0.3) is 16.5 Å². The van der Waals surface area contributed by atoms with Crippen molar-refractivity contribution in [3.8, 4) is 11.6 Å². The molecule has 2 aromatic carbocycles. The molecule has 0 bridgehead atoms. The smallest absolute Gasteiger partial charge is 0.265 e. The van der Waals surface area contributed by atoms with Crippen LogP contribution in [0.5, 0.6) is 5.88 Å². The van der Waals surface area contributed by atoms with Gasteiger partial charge in [-0.25, -0.2) is 4.57 Å². The van der Waals surface area contributed by atoms with Crippen molar-refractivity contribution < 1.29 is 10.2 Å². The maximum atomic E-state index is 13.0. The van der Waals surface area contributed by atoms with Gasteiger partial charge in [-0.05, 0) is 30.7 Å².